The lowest BCUT2D eigenvalue weighted by Gasteiger charge is -2.29. The summed E-state index contributed by atoms with van der Waals surface area (Å²) in [6.07, 6.45) is 4.35. The third-order valence-corrected chi connectivity index (χ3v) is 7.00. The molecule has 1 aromatic carbocycles. The molecule has 3 aliphatic rings. The number of likely N-dealkylation sites (tertiary alicyclic amines) is 1. The van der Waals surface area contributed by atoms with Crippen molar-refractivity contribution >= 4 is 47.0 Å². The Morgan fingerprint density at radius 1 is 1.10 bits per heavy atom. The lowest BCUT2D eigenvalue weighted by atomic mass is 10.0. The molecule has 13 heteroatoms. The highest BCUT2D eigenvalue weighted by atomic mass is 16.2. The predicted octanol–water partition coefficient (Wildman–Crippen LogP) is 0.713. The summed E-state index contributed by atoms with van der Waals surface area (Å²) in [5.74, 6) is -0.379. The van der Waals surface area contributed by atoms with Crippen LogP contribution in [0.1, 0.15) is 48.0 Å². The quantitative estimate of drug-likeness (QED) is 0.254. The van der Waals surface area contributed by atoms with Crippen molar-refractivity contribution in [3.63, 3.8) is 0 Å². The maximum Gasteiger partial charge on any atom is 0.255 e. The van der Waals surface area contributed by atoms with Crippen LogP contribution in [-0.4, -0.2) is 81.5 Å². The van der Waals surface area contributed by atoms with Gasteiger partial charge in [0.25, 0.3) is 5.91 Å². The van der Waals surface area contributed by atoms with Crippen molar-refractivity contribution in [3.8, 4) is 0 Å². The number of nitrogens with zero attached hydrogens (tertiary/aromatic N) is 4. The van der Waals surface area contributed by atoms with Crippen LogP contribution in [0.4, 0.5) is 17.5 Å². The largest absolute Gasteiger partial charge is 0.361 e. The van der Waals surface area contributed by atoms with E-state index in [0.29, 0.717) is 48.1 Å². The number of piperidine rings is 1. The maximum absolute atomic E-state index is 13.0. The van der Waals surface area contributed by atoms with E-state index in [2.05, 4.69) is 31.2 Å². The number of imide groups is 1. The van der Waals surface area contributed by atoms with E-state index in [0.717, 1.165) is 19.4 Å². The fourth-order valence-electron chi connectivity index (χ4n) is 5.02. The van der Waals surface area contributed by atoms with Crippen LogP contribution in [0.15, 0.2) is 30.5 Å². The van der Waals surface area contributed by atoms with E-state index in [1.54, 1.807) is 30.5 Å². The molecular weight excluding hydrogens is 504 g/mol. The lowest BCUT2D eigenvalue weighted by molar-refractivity contribution is -0.137. The molecule has 0 radical (unpaired) electrons. The molecule has 4 heterocycles. The molecule has 2 saturated heterocycles. The third-order valence-electron chi connectivity index (χ3n) is 7.00. The van der Waals surface area contributed by atoms with Crippen LogP contribution in [0.3, 0.4) is 0 Å². The second kappa shape index (κ2) is 11.5. The Labute approximate surface area is 224 Å². The molecule has 0 aliphatic carbocycles. The minimum Gasteiger partial charge on any atom is -0.361 e. The van der Waals surface area contributed by atoms with Gasteiger partial charge in [0.15, 0.2) is 0 Å². The van der Waals surface area contributed by atoms with E-state index in [9.17, 15) is 24.0 Å². The highest BCUT2D eigenvalue weighted by Gasteiger charge is 2.40. The van der Waals surface area contributed by atoms with Crippen LogP contribution < -0.4 is 21.3 Å². The van der Waals surface area contributed by atoms with Crippen LogP contribution in [-0.2, 0) is 25.7 Å². The second-order valence-corrected chi connectivity index (χ2v) is 9.66. The molecule has 4 N–H and O–H groups in total. The number of amides is 5. The van der Waals surface area contributed by atoms with Gasteiger partial charge in [0.05, 0.1) is 6.54 Å². The number of rotatable bonds is 10. The van der Waals surface area contributed by atoms with E-state index < -0.39 is 11.9 Å². The fourth-order valence-corrected chi connectivity index (χ4v) is 5.02. The topological polar surface area (TPSA) is 166 Å². The number of carbonyl (C=O) groups excluding carboxylic acids is 5. The van der Waals surface area contributed by atoms with Gasteiger partial charge in [-0.05, 0) is 37.5 Å². The smallest absolute Gasteiger partial charge is 0.255 e. The number of benzene rings is 1. The highest BCUT2D eigenvalue weighted by Crippen LogP contribution is 2.32. The predicted molar refractivity (Wildman–Crippen MR) is 141 cm³/mol. The van der Waals surface area contributed by atoms with Gasteiger partial charge >= 0.3 is 0 Å². The summed E-state index contributed by atoms with van der Waals surface area (Å²) in [6, 6.07) is 5.97. The Hall–Kier alpha value is -4.55. The number of hydrogen-bond donors (Lipinski definition) is 4. The first-order valence-corrected chi connectivity index (χ1v) is 13.0. The Morgan fingerprint density at radius 2 is 1.97 bits per heavy atom. The van der Waals surface area contributed by atoms with Gasteiger partial charge < -0.3 is 25.8 Å². The molecule has 0 saturated carbocycles. The molecule has 3 aliphatic heterocycles. The van der Waals surface area contributed by atoms with E-state index in [1.165, 1.54) is 4.90 Å². The first-order valence-electron chi connectivity index (χ1n) is 13.0. The molecule has 1 unspecified atom stereocenters. The van der Waals surface area contributed by atoms with Gasteiger partial charge in [-0.25, -0.2) is 4.98 Å². The van der Waals surface area contributed by atoms with Gasteiger partial charge in [0, 0.05) is 62.0 Å². The van der Waals surface area contributed by atoms with Gasteiger partial charge in [-0.1, -0.05) is 6.07 Å². The Bertz CT molecular complexity index is 1320. The van der Waals surface area contributed by atoms with Crippen molar-refractivity contribution < 1.29 is 24.0 Å². The molecule has 0 spiro atoms. The number of nitrogens with one attached hydrogen (secondary N) is 4. The summed E-state index contributed by atoms with van der Waals surface area (Å²) in [5, 5.41) is 11.2. The van der Waals surface area contributed by atoms with Gasteiger partial charge in [0.1, 0.15) is 11.9 Å². The van der Waals surface area contributed by atoms with Crippen molar-refractivity contribution in [2.45, 2.75) is 44.7 Å². The van der Waals surface area contributed by atoms with Crippen LogP contribution >= 0.6 is 0 Å². The standard InChI is InChI=1S/C26H30N8O5/c35-21-8-7-19(24(38)32-21)34-15-17-16(25(34)39)4-1-5-18(17)30-22(36)14-29-20-9-11-28-26(31-20)27-10-3-13-33-12-2-6-23(33)37/h1,4-5,9,11,19H,2-3,6-8,10,12-15H2,(H,30,36)(H,32,35,38)(H2,27,28,29,31). The van der Waals surface area contributed by atoms with Crippen molar-refractivity contribution in [3.05, 3.63) is 41.6 Å². The first kappa shape index (κ1) is 26.1. The number of hydrogen-bond acceptors (Lipinski definition) is 9. The molecule has 2 aromatic rings. The number of fused-ring (bicyclic) bond motifs is 1. The molecule has 39 heavy (non-hydrogen) atoms. The minimum atomic E-state index is -0.726. The normalized spacial score (nSPS) is 18.7. The summed E-state index contributed by atoms with van der Waals surface area (Å²) >= 11 is 0. The first-order chi connectivity index (χ1) is 18.9. The summed E-state index contributed by atoms with van der Waals surface area (Å²) in [6.45, 7) is 2.22. The Balaban J connectivity index is 1.12. The summed E-state index contributed by atoms with van der Waals surface area (Å²) in [7, 11) is 0. The van der Waals surface area contributed by atoms with Crippen LogP contribution in [0.2, 0.25) is 0 Å². The number of aromatic nitrogens is 2. The number of carbonyl (C=O) groups is 5. The average Bonchev–Trinajstić information content (AvgIpc) is 3.49. The van der Waals surface area contributed by atoms with Crippen LogP contribution in [0.5, 0.6) is 0 Å². The van der Waals surface area contributed by atoms with Crippen molar-refractivity contribution in [2.75, 3.05) is 42.1 Å². The summed E-state index contributed by atoms with van der Waals surface area (Å²) in [5.41, 5.74) is 1.54. The SMILES string of the molecule is O=C1CCC(N2Cc3c(NC(=O)CNc4ccnc(NCCCN5CCCC5=O)n4)cccc3C2=O)C(=O)N1. The molecule has 5 rings (SSSR count). The zero-order valence-corrected chi connectivity index (χ0v) is 21.4. The van der Waals surface area contributed by atoms with E-state index in [4.69, 9.17) is 0 Å². The maximum atomic E-state index is 13.0. The number of anilines is 3. The lowest BCUT2D eigenvalue weighted by Crippen LogP contribution is -2.52. The van der Waals surface area contributed by atoms with Crippen molar-refractivity contribution in [2.24, 2.45) is 0 Å². The molecular formula is C26H30N8O5. The molecule has 5 amide bonds. The van der Waals surface area contributed by atoms with E-state index >= 15 is 0 Å². The van der Waals surface area contributed by atoms with Gasteiger partial charge in [-0.15, -0.1) is 0 Å². The second-order valence-electron chi connectivity index (χ2n) is 9.66. The minimum absolute atomic E-state index is 0.0675. The van der Waals surface area contributed by atoms with Gasteiger partial charge in [-0.2, -0.15) is 4.98 Å². The molecule has 13 nitrogen and oxygen atoms in total. The van der Waals surface area contributed by atoms with Crippen LogP contribution in [0.25, 0.3) is 0 Å². The molecule has 204 valence electrons. The highest BCUT2D eigenvalue weighted by molar-refractivity contribution is 6.07. The van der Waals surface area contributed by atoms with Crippen molar-refractivity contribution in [1.29, 1.82) is 0 Å². The molecule has 0 bridgehead atoms. The van der Waals surface area contributed by atoms with Gasteiger partial charge in [-0.3, -0.25) is 29.3 Å². The van der Waals surface area contributed by atoms with Crippen molar-refractivity contribution in [1.82, 2.24) is 25.1 Å². The summed E-state index contributed by atoms with van der Waals surface area (Å²) < 4.78 is 0. The zero-order valence-electron chi connectivity index (χ0n) is 21.4. The van der Waals surface area contributed by atoms with Crippen LogP contribution in [0, 0.1) is 0 Å². The molecule has 1 aromatic heterocycles. The summed E-state index contributed by atoms with van der Waals surface area (Å²) in [4.78, 5) is 73.1. The average molecular weight is 535 g/mol. The van der Waals surface area contributed by atoms with E-state index in [1.807, 2.05) is 4.90 Å². The Kier molecular flexibility index (Phi) is 7.66. The zero-order chi connectivity index (χ0) is 27.4. The van der Waals surface area contributed by atoms with Gasteiger partial charge in [0.2, 0.25) is 29.6 Å². The fraction of sp³-hybridized carbons (Fsp3) is 0.423. The molecule has 2 fully saturated rings. The monoisotopic (exact) mass is 534 g/mol. The Morgan fingerprint density at radius 3 is 2.77 bits per heavy atom. The third kappa shape index (κ3) is 5.97. The van der Waals surface area contributed by atoms with E-state index in [-0.39, 0.29) is 49.6 Å². The molecule has 1 atom stereocenters.